The molecular formula is C16H27NO4. The van der Waals surface area contributed by atoms with Crippen LogP contribution in [-0.2, 0) is 19.1 Å². The lowest BCUT2D eigenvalue weighted by molar-refractivity contribution is -0.151. The topological polar surface area (TPSA) is 55.8 Å². The lowest BCUT2D eigenvalue weighted by Gasteiger charge is -2.32. The Bertz CT molecular complexity index is 392. The van der Waals surface area contributed by atoms with Crippen LogP contribution in [0.15, 0.2) is 0 Å². The molecule has 5 nitrogen and oxygen atoms in total. The van der Waals surface area contributed by atoms with Crippen molar-refractivity contribution in [1.82, 2.24) is 4.90 Å². The fraction of sp³-hybridized carbons (Fsp3) is 0.875. The van der Waals surface area contributed by atoms with Gasteiger partial charge in [0.15, 0.2) is 0 Å². The number of amides is 1. The molecule has 1 amide bonds. The third-order valence-corrected chi connectivity index (χ3v) is 5.10. The minimum absolute atomic E-state index is 0.0525. The summed E-state index contributed by atoms with van der Waals surface area (Å²) >= 11 is 0. The summed E-state index contributed by atoms with van der Waals surface area (Å²) in [6.07, 6.45) is 4.20. The van der Waals surface area contributed by atoms with E-state index in [1.807, 2.05) is 13.8 Å². The monoisotopic (exact) mass is 297 g/mol. The maximum absolute atomic E-state index is 13.0. The number of methoxy groups -OCH3 is 1. The van der Waals surface area contributed by atoms with Crippen LogP contribution in [0.25, 0.3) is 0 Å². The van der Waals surface area contributed by atoms with Gasteiger partial charge < -0.3 is 14.4 Å². The quantitative estimate of drug-likeness (QED) is 0.745. The van der Waals surface area contributed by atoms with Crippen molar-refractivity contribution in [1.29, 1.82) is 0 Å². The number of esters is 1. The molecule has 120 valence electrons. The largest absolute Gasteiger partial charge is 0.468 e. The molecule has 5 heteroatoms. The molecule has 0 aromatic heterocycles. The smallest absolute Gasteiger partial charge is 0.325 e. The van der Waals surface area contributed by atoms with Gasteiger partial charge in [0.2, 0.25) is 5.91 Å². The third-order valence-electron chi connectivity index (χ3n) is 5.10. The van der Waals surface area contributed by atoms with Crippen molar-refractivity contribution in [3.63, 3.8) is 0 Å². The molecule has 0 N–H and O–H groups in total. The molecule has 2 aliphatic rings. The normalized spacial score (nSPS) is 33.1. The van der Waals surface area contributed by atoms with Crippen LogP contribution in [0.5, 0.6) is 0 Å². The van der Waals surface area contributed by atoms with Crippen LogP contribution in [0.3, 0.4) is 0 Å². The molecule has 1 saturated heterocycles. The van der Waals surface area contributed by atoms with E-state index in [0.717, 1.165) is 25.7 Å². The van der Waals surface area contributed by atoms with Gasteiger partial charge >= 0.3 is 5.97 Å². The number of hydrogen-bond acceptors (Lipinski definition) is 4. The van der Waals surface area contributed by atoms with Gasteiger partial charge in [0.1, 0.15) is 6.54 Å². The van der Waals surface area contributed by atoms with Crippen molar-refractivity contribution in [3.05, 3.63) is 0 Å². The fourth-order valence-electron chi connectivity index (χ4n) is 3.69. The standard InChI is InChI=1S/C16H27NO4/c1-10-11(2)21-12(3)15(10)16(19)17(9-14(18)20-4)13-7-5-6-8-13/h10-13,15H,5-9H2,1-4H3. The van der Waals surface area contributed by atoms with Crippen LogP contribution in [0.2, 0.25) is 0 Å². The summed E-state index contributed by atoms with van der Waals surface area (Å²) in [4.78, 5) is 26.4. The van der Waals surface area contributed by atoms with Crippen molar-refractivity contribution in [2.24, 2.45) is 11.8 Å². The minimum atomic E-state index is -0.345. The number of ether oxygens (including phenoxy) is 2. The number of rotatable bonds is 4. The SMILES string of the molecule is COC(=O)CN(C(=O)C1C(C)OC(C)C1C)C1CCCC1. The van der Waals surface area contributed by atoms with E-state index in [0.29, 0.717) is 0 Å². The first-order valence-corrected chi connectivity index (χ1v) is 7.98. The fourth-order valence-corrected chi connectivity index (χ4v) is 3.69. The maximum Gasteiger partial charge on any atom is 0.325 e. The Balaban J connectivity index is 2.15. The van der Waals surface area contributed by atoms with E-state index in [2.05, 4.69) is 6.92 Å². The van der Waals surface area contributed by atoms with Crippen molar-refractivity contribution >= 4 is 11.9 Å². The average Bonchev–Trinajstić information content (AvgIpc) is 3.05. The highest BCUT2D eigenvalue weighted by atomic mass is 16.5. The first-order valence-electron chi connectivity index (χ1n) is 7.98. The van der Waals surface area contributed by atoms with Crippen LogP contribution in [0.1, 0.15) is 46.5 Å². The van der Waals surface area contributed by atoms with Crippen molar-refractivity contribution in [2.75, 3.05) is 13.7 Å². The van der Waals surface area contributed by atoms with Gasteiger partial charge in [-0.15, -0.1) is 0 Å². The van der Waals surface area contributed by atoms with Crippen LogP contribution < -0.4 is 0 Å². The second kappa shape index (κ2) is 6.77. The van der Waals surface area contributed by atoms with E-state index in [4.69, 9.17) is 9.47 Å². The lowest BCUT2D eigenvalue weighted by atomic mass is 9.88. The Morgan fingerprint density at radius 1 is 1.14 bits per heavy atom. The van der Waals surface area contributed by atoms with Crippen LogP contribution in [0, 0.1) is 11.8 Å². The number of nitrogens with zero attached hydrogens (tertiary/aromatic N) is 1. The molecule has 0 radical (unpaired) electrons. The Morgan fingerprint density at radius 2 is 1.76 bits per heavy atom. The van der Waals surface area contributed by atoms with Crippen LogP contribution in [-0.4, -0.2) is 48.7 Å². The Morgan fingerprint density at radius 3 is 2.24 bits per heavy atom. The Kier molecular flexibility index (Phi) is 5.25. The van der Waals surface area contributed by atoms with E-state index in [1.54, 1.807) is 4.90 Å². The van der Waals surface area contributed by atoms with E-state index in [1.165, 1.54) is 7.11 Å². The number of carbonyl (C=O) groups is 2. The molecule has 1 aliphatic carbocycles. The van der Waals surface area contributed by atoms with Crippen LogP contribution >= 0.6 is 0 Å². The van der Waals surface area contributed by atoms with Gasteiger partial charge in [0.05, 0.1) is 25.2 Å². The van der Waals surface area contributed by atoms with Gasteiger partial charge in [-0.25, -0.2) is 0 Å². The predicted molar refractivity (Wildman–Crippen MR) is 78.6 cm³/mol. The van der Waals surface area contributed by atoms with Gasteiger partial charge in [0, 0.05) is 6.04 Å². The molecule has 1 saturated carbocycles. The zero-order chi connectivity index (χ0) is 15.6. The molecule has 0 spiro atoms. The van der Waals surface area contributed by atoms with Gasteiger partial charge in [-0.2, -0.15) is 0 Å². The van der Waals surface area contributed by atoms with E-state index < -0.39 is 0 Å². The third kappa shape index (κ3) is 3.39. The molecular weight excluding hydrogens is 270 g/mol. The first-order chi connectivity index (χ1) is 9.95. The van der Waals surface area contributed by atoms with Crippen molar-refractivity contribution in [3.8, 4) is 0 Å². The van der Waals surface area contributed by atoms with Gasteiger partial charge in [-0.1, -0.05) is 19.8 Å². The van der Waals surface area contributed by atoms with Crippen molar-refractivity contribution in [2.45, 2.75) is 64.7 Å². The van der Waals surface area contributed by atoms with E-state index >= 15 is 0 Å². The average molecular weight is 297 g/mol. The highest BCUT2D eigenvalue weighted by Gasteiger charge is 2.45. The minimum Gasteiger partial charge on any atom is -0.468 e. The van der Waals surface area contributed by atoms with Gasteiger partial charge in [-0.05, 0) is 32.6 Å². The summed E-state index contributed by atoms with van der Waals surface area (Å²) in [5.41, 5.74) is 0. The summed E-state index contributed by atoms with van der Waals surface area (Å²) < 4.78 is 10.6. The second-order valence-electron chi connectivity index (χ2n) is 6.41. The van der Waals surface area contributed by atoms with Gasteiger partial charge in [-0.3, -0.25) is 9.59 Å². The van der Waals surface area contributed by atoms with E-state index in [-0.39, 0.29) is 48.5 Å². The Labute approximate surface area is 127 Å². The molecule has 0 aromatic rings. The molecule has 2 fully saturated rings. The molecule has 1 heterocycles. The van der Waals surface area contributed by atoms with Crippen molar-refractivity contribution < 1.29 is 19.1 Å². The highest BCUT2D eigenvalue weighted by molar-refractivity contribution is 5.84. The molecule has 4 atom stereocenters. The molecule has 2 rings (SSSR count). The summed E-state index contributed by atoms with van der Waals surface area (Å²) in [6.45, 7) is 6.08. The summed E-state index contributed by atoms with van der Waals surface area (Å²) in [7, 11) is 1.37. The second-order valence-corrected chi connectivity index (χ2v) is 6.41. The summed E-state index contributed by atoms with van der Waals surface area (Å²) in [6, 6.07) is 0.173. The Hall–Kier alpha value is -1.10. The lowest BCUT2D eigenvalue weighted by Crippen LogP contribution is -2.48. The predicted octanol–water partition coefficient (Wildman–Crippen LogP) is 1.99. The van der Waals surface area contributed by atoms with Crippen LogP contribution in [0.4, 0.5) is 0 Å². The summed E-state index contributed by atoms with van der Waals surface area (Å²) in [5.74, 6) is -0.279. The zero-order valence-corrected chi connectivity index (χ0v) is 13.5. The molecule has 4 unspecified atom stereocenters. The molecule has 0 bridgehead atoms. The van der Waals surface area contributed by atoms with E-state index in [9.17, 15) is 9.59 Å². The summed E-state index contributed by atoms with van der Waals surface area (Å²) in [5, 5.41) is 0. The number of hydrogen-bond donors (Lipinski definition) is 0. The molecule has 21 heavy (non-hydrogen) atoms. The van der Waals surface area contributed by atoms with Gasteiger partial charge in [0.25, 0.3) is 0 Å². The number of carbonyl (C=O) groups excluding carboxylic acids is 2. The maximum atomic E-state index is 13.0. The zero-order valence-electron chi connectivity index (χ0n) is 13.5. The molecule has 1 aliphatic heterocycles. The molecule has 0 aromatic carbocycles. The highest BCUT2D eigenvalue weighted by Crippen LogP contribution is 2.35. The first kappa shape index (κ1) is 16.3.